The quantitative estimate of drug-likeness (QED) is 0.127. The van der Waals surface area contributed by atoms with Crippen LogP contribution in [0.15, 0.2) is 146 Å². The molecule has 6 heteroatoms. The predicted octanol–water partition coefficient (Wildman–Crippen LogP) is 20.9. The van der Waals surface area contributed by atoms with E-state index in [-0.39, 0.29) is 0 Å². The molecule has 0 saturated heterocycles. The van der Waals surface area contributed by atoms with Crippen LogP contribution < -0.4 is 9.80 Å². The summed E-state index contributed by atoms with van der Waals surface area (Å²) in [7, 11) is 0. The molecule has 0 unspecified atom stereocenters. The summed E-state index contributed by atoms with van der Waals surface area (Å²) in [6.45, 7) is 27.3. The molecule has 0 radical (unpaired) electrons. The van der Waals surface area contributed by atoms with Gasteiger partial charge in [0.1, 0.15) is 20.0 Å². The van der Waals surface area contributed by atoms with Crippen LogP contribution in [0.5, 0.6) is 0 Å². The Morgan fingerprint density at radius 2 is 0.457 bits per heavy atom. The number of thiophene rings is 4. The van der Waals surface area contributed by atoms with Crippen LogP contribution in [-0.2, 0) is 0 Å². The molecule has 10 aromatic rings. The first kappa shape index (κ1) is 47.4. The third-order valence-corrected chi connectivity index (χ3v) is 20.3. The normalized spacial score (nSPS) is 11.4. The Hall–Kier alpha value is -6.28. The van der Waals surface area contributed by atoms with Gasteiger partial charge >= 0.3 is 0 Å². The molecule has 4 heterocycles. The molecule has 6 aromatic carbocycles. The molecule has 0 spiro atoms. The van der Waals surface area contributed by atoms with Gasteiger partial charge in [-0.15, -0.1) is 45.3 Å². The van der Waals surface area contributed by atoms with Crippen molar-refractivity contribution in [2.24, 2.45) is 0 Å². The number of hydrogen-bond donors (Lipinski definition) is 0. The van der Waals surface area contributed by atoms with Gasteiger partial charge in [0.15, 0.2) is 0 Å². The summed E-state index contributed by atoms with van der Waals surface area (Å²) in [6.07, 6.45) is 0. The number of rotatable bonds is 11. The lowest BCUT2D eigenvalue weighted by molar-refractivity contribution is 1.26. The number of aryl methyl sites for hydroxylation is 4. The van der Waals surface area contributed by atoms with E-state index in [1.807, 2.05) is 45.3 Å². The van der Waals surface area contributed by atoms with E-state index < -0.39 is 0 Å². The minimum absolute atomic E-state index is 1.16. The topological polar surface area (TPSA) is 6.48 Å². The molecule has 4 aromatic heterocycles. The molecule has 10 rings (SSSR count). The molecule has 0 bridgehead atoms. The Morgan fingerprint density at radius 1 is 0.243 bits per heavy atom. The van der Waals surface area contributed by atoms with E-state index in [1.54, 1.807) is 0 Å². The molecule has 0 amide bonds. The van der Waals surface area contributed by atoms with Crippen molar-refractivity contribution >= 4 is 76.7 Å². The summed E-state index contributed by atoms with van der Waals surface area (Å²) >= 11 is 7.64. The van der Waals surface area contributed by atoms with Gasteiger partial charge in [-0.05, 0) is 207 Å². The zero-order valence-electron chi connectivity index (χ0n) is 42.4. The van der Waals surface area contributed by atoms with E-state index in [0.717, 1.165) is 11.4 Å². The van der Waals surface area contributed by atoms with Gasteiger partial charge in [-0.25, -0.2) is 0 Å². The highest BCUT2D eigenvalue weighted by molar-refractivity contribution is 7.23. The molecule has 350 valence electrons. The first-order valence-corrected chi connectivity index (χ1v) is 27.4. The average molecular weight is 985 g/mol. The van der Waals surface area contributed by atoms with Crippen LogP contribution in [0.1, 0.15) is 66.8 Å². The molecule has 2 nitrogen and oxygen atoms in total. The van der Waals surface area contributed by atoms with Crippen molar-refractivity contribution in [3.8, 4) is 52.9 Å². The van der Waals surface area contributed by atoms with Gasteiger partial charge in [-0.2, -0.15) is 0 Å². The zero-order valence-corrected chi connectivity index (χ0v) is 45.6. The third-order valence-electron chi connectivity index (χ3n) is 14.6. The van der Waals surface area contributed by atoms with Gasteiger partial charge < -0.3 is 0 Å². The number of nitrogens with zero attached hydrogens (tertiary/aromatic N) is 2. The number of anilines is 6. The summed E-state index contributed by atoms with van der Waals surface area (Å²) in [5.74, 6) is 0. The Kier molecular flexibility index (Phi) is 13.0. The minimum atomic E-state index is 1.16. The van der Waals surface area contributed by atoms with Crippen molar-refractivity contribution in [1.29, 1.82) is 0 Å². The van der Waals surface area contributed by atoms with Gasteiger partial charge in [0.05, 0.1) is 0 Å². The van der Waals surface area contributed by atoms with Gasteiger partial charge in [-0.1, -0.05) is 121 Å². The fraction of sp³-hybridized carbons (Fsp3) is 0.188. The van der Waals surface area contributed by atoms with Crippen LogP contribution in [-0.4, -0.2) is 0 Å². The second-order valence-electron chi connectivity index (χ2n) is 19.0. The molecule has 0 saturated carbocycles. The fourth-order valence-corrected chi connectivity index (χ4v) is 15.6. The number of hydrogen-bond acceptors (Lipinski definition) is 6. The van der Waals surface area contributed by atoms with Gasteiger partial charge in [0.25, 0.3) is 0 Å². The van der Waals surface area contributed by atoms with E-state index in [0.29, 0.717) is 0 Å². The second kappa shape index (κ2) is 19.1. The summed E-state index contributed by atoms with van der Waals surface area (Å²) < 4.78 is 0. The maximum absolute atomic E-state index is 2.54. The SMILES string of the molecule is Cc1ccccc1-c1sc(N(c2ccc(-c3ccc(N(c4sc(-c5ccccc5C)c(C)c4C)c4sc(-c5ccccc5C)c(C)c4C)cc3)cc2)c2sc(-c3ccccc3C)c(C)c2C)c(C)c1C. The van der Waals surface area contributed by atoms with Crippen LogP contribution in [0.4, 0.5) is 31.4 Å². The van der Waals surface area contributed by atoms with Gasteiger partial charge in [-0.3, -0.25) is 9.80 Å². The van der Waals surface area contributed by atoms with Crippen LogP contribution in [0, 0.1) is 83.1 Å². The molecular weight excluding hydrogens is 925 g/mol. The summed E-state index contributed by atoms with van der Waals surface area (Å²) in [4.78, 5) is 10.4. The van der Waals surface area contributed by atoms with E-state index in [9.17, 15) is 0 Å². The van der Waals surface area contributed by atoms with Crippen molar-refractivity contribution in [2.75, 3.05) is 9.80 Å². The average Bonchev–Trinajstić information content (AvgIpc) is 4.03. The summed E-state index contributed by atoms with van der Waals surface area (Å²) in [6, 6.07) is 53.8. The molecule has 0 N–H and O–H groups in total. The standard InChI is InChI=1S/C64H60N2S4/c1-37-21-13-17-25-53(37)57-41(5)45(9)61(67-57)65(62-46(10)42(6)58(68-62)54-26-18-14-22-38(54)2)51-33-29-49(30-34-51)50-31-35-52(36-32-50)66(63-47(11)43(7)59(69-63)55-27-19-15-23-39(55)3)64-48(12)44(8)60(70-64)56-28-20-16-24-40(56)4/h13-36H,1-12H3. The zero-order chi connectivity index (χ0) is 49.1. The highest BCUT2D eigenvalue weighted by Crippen LogP contribution is 2.55. The molecule has 0 aliphatic rings. The third kappa shape index (κ3) is 8.29. The fourth-order valence-electron chi connectivity index (χ4n) is 9.77. The lowest BCUT2D eigenvalue weighted by Gasteiger charge is -2.25. The van der Waals surface area contributed by atoms with Crippen molar-refractivity contribution in [3.05, 3.63) is 212 Å². The molecule has 0 aliphatic heterocycles. The lowest BCUT2D eigenvalue weighted by Crippen LogP contribution is -2.09. The molecule has 70 heavy (non-hydrogen) atoms. The minimum Gasteiger partial charge on any atom is -0.293 e. The smallest absolute Gasteiger partial charge is 0.104 e. The molecule has 0 aliphatic carbocycles. The van der Waals surface area contributed by atoms with Crippen molar-refractivity contribution in [1.82, 2.24) is 0 Å². The van der Waals surface area contributed by atoms with Gasteiger partial charge in [0.2, 0.25) is 0 Å². The maximum atomic E-state index is 2.54. The van der Waals surface area contributed by atoms with E-state index in [4.69, 9.17) is 0 Å². The highest BCUT2D eigenvalue weighted by atomic mass is 32.1. The molecular formula is C64H60N2S4. The first-order chi connectivity index (χ1) is 33.7. The molecule has 0 atom stereocenters. The monoisotopic (exact) mass is 984 g/mol. The van der Waals surface area contributed by atoms with Crippen molar-refractivity contribution in [2.45, 2.75) is 83.1 Å². The van der Waals surface area contributed by atoms with Crippen molar-refractivity contribution in [3.63, 3.8) is 0 Å². The largest absolute Gasteiger partial charge is 0.293 e. The van der Waals surface area contributed by atoms with E-state index in [2.05, 4.69) is 238 Å². The Balaban J connectivity index is 1.07. The van der Waals surface area contributed by atoms with Crippen molar-refractivity contribution < 1.29 is 0 Å². The highest BCUT2D eigenvalue weighted by Gasteiger charge is 2.29. The van der Waals surface area contributed by atoms with E-state index in [1.165, 1.54) is 140 Å². The lowest BCUT2D eigenvalue weighted by atomic mass is 10.0. The second-order valence-corrected chi connectivity index (χ2v) is 23.0. The summed E-state index contributed by atoms with van der Waals surface area (Å²) in [5.41, 5.74) is 25.8. The van der Waals surface area contributed by atoms with Gasteiger partial charge in [0, 0.05) is 30.9 Å². The number of benzene rings is 6. The summed E-state index contributed by atoms with van der Waals surface area (Å²) in [5, 5.41) is 5.07. The molecule has 0 fully saturated rings. The predicted molar refractivity (Wildman–Crippen MR) is 311 cm³/mol. The Labute approximate surface area is 431 Å². The van der Waals surface area contributed by atoms with Crippen LogP contribution in [0.25, 0.3) is 52.9 Å². The van der Waals surface area contributed by atoms with Crippen LogP contribution in [0.2, 0.25) is 0 Å². The first-order valence-electron chi connectivity index (χ1n) is 24.2. The Morgan fingerprint density at radius 3 is 0.671 bits per heavy atom. The maximum Gasteiger partial charge on any atom is 0.104 e. The van der Waals surface area contributed by atoms with Crippen LogP contribution >= 0.6 is 45.3 Å². The Bertz CT molecular complexity index is 3140. The van der Waals surface area contributed by atoms with Crippen LogP contribution in [0.3, 0.4) is 0 Å². The van der Waals surface area contributed by atoms with E-state index >= 15 is 0 Å².